The van der Waals surface area contributed by atoms with Gasteiger partial charge in [0.2, 0.25) is 5.91 Å². The van der Waals surface area contributed by atoms with Crippen LogP contribution in [0.2, 0.25) is 0 Å². The van der Waals surface area contributed by atoms with E-state index in [1.165, 1.54) is 4.90 Å². The highest BCUT2D eigenvalue weighted by atomic mass is 16.5. The van der Waals surface area contributed by atoms with Crippen molar-refractivity contribution in [3.8, 4) is 0 Å². The number of likely N-dealkylation sites (N-methyl/N-ethyl adjacent to an activating group) is 1. The minimum Gasteiger partial charge on any atom is -0.467 e. The number of morpholine rings is 1. The summed E-state index contributed by atoms with van der Waals surface area (Å²) in [5, 5.41) is 2.79. The van der Waals surface area contributed by atoms with Gasteiger partial charge in [0.25, 0.3) is 5.91 Å². The minimum absolute atomic E-state index is 0.0734. The number of rotatable bonds is 5. The molecule has 1 aromatic heterocycles. The van der Waals surface area contributed by atoms with E-state index in [2.05, 4.69) is 5.32 Å². The summed E-state index contributed by atoms with van der Waals surface area (Å²) in [4.78, 5) is 27.2. The van der Waals surface area contributed by atoms with Crippen LogP contribution in [0.1, 0.15) is 5.76 Å². The summed E-state index contributed by atoms with van der Waals surface area (Å²) in [7, 11) is 3.39. The second kappa shape index (κ2) is 7.24. The molecule has 2 amide bonds. The summed E-state index contributed by atoms with van der Waals surface area (Å²) in [6, 6.07) is 3.59. The molecule has 0 bridgehead atoms. The molecule has 1 N–H and O–H groups in total. The van der Waals surface area contributed by atoms with Crippen molar-refractivity contribution in [3.63, 3.8) is 0 Å². The molecule has 1 aromatic rings. The molecule has 2 heterocycles. The Kier molecular flexibility index (Phi) is 5.35. The highest BCUT2D eigenvalue weighted by Crippen LogP contribution is 2.07. The maximum Gasteiger partial charge on any atom is 0.252 e. The van der Waals surface area contributed by atoms with Crippen LogP contribution in [0, 0.1) is 0 Å². The van der Waals surface area contributed by atoms with E-state index in [9.17, 15) is 9.59 Å². The van der Waals surface area contributed by atoms with Crippen LogP contribution in [0.4, 0.5) is 0 Å². The number of carbonyl (C=O) groups excluding carboxylic acids is 2. The van der Waals surface area contributed by atoms with Gasteiger partial charge in [-0.2, -0.15) is 0 Å². The van der Waals surface area contributed by atoms with Crippen molar-refractivity contribution < 1.29 is 18.7 Å². The molecule has 21 heavy (non-hydrogen) atoms. The van der Waals surface area contributed by atoms with Crippen LogP contribution in [0.5, 0.6) is 0 Å². The molecule has 1 unspecified atom stereocenters. The Balaban J connectivity index is 1.76. The van der Waals surface area contributed by atoms with Crippen LogP contribution in [-0.2, 0) is 20.9 Å². The van der Waals surface area contributed by atoms with E-state index < -0.39 is 6.10 Å². The van der Waals surface area contributed by atoms with Gasteiger partial charge in [-0.05, 0) is 12.1 Å². The monoisotopic (exact) mass is 295 g/mol. The summed E-state index contributed by atoms with van der Waals surface area (Å²) in [6.07, 6.45) is 1.08. The van der Waals surface area contributed by atoms with Gasteiger partial charge in [0, 0.05) is 27.2 Å². The molecular weight excluding hydrogens is 274 g/mol. The van der Waals surface area contributed by atoms with Crippen LogP contribution in [-0.4, -0.2) is 68.1 Å². The first-order valence-electron chi connectivity index (χ1n) is 6.90. The lowest BCUT2D eigenvalue weighted by Gasteiger charge is -2.32. The normalized spacial score (nSPS) is 19.2. The van der Waals surface area contributed by atoms with Gasteiger partial charge in [-0.3, -0.25) is 14.5 Å². The lowest BCUT2D eigenvalue weighted by atomic mass is 10.2. The first kappa shape index (κ1) is 15.5. The third-order valence-corrected chi connectivity index (χ3v) is 3.27. The first-order valence-corrected chi connectivity index (χ1v) is 6.90. The predicted molar refractivity (Wildman–Crippen MR) is 75.4 cm³/mol. The summed E-state index contributed by atoms with van der Waals surface area (Å²) in [5.41, 5.74) is 0. The fourth-order valence-corrected chi connectivity index (χ4v) is 2.14. The second-order valence-corrected chi connectivity index (χ2v) is 5.18. The van der Waals surface area contributed by atoms with Crippen molar-refractivity contribution in [3.05, 3.63) is 24.2 Å². The molecule has 1 aliphatic heterocycles. The number of nitrogens with one attached hydrogen (secondary N) is 1. The van der Waals surface area contributed by atoms with Crippen LogP contribution >= 0.6 is 0 Å². The van der Waals surface area contributed by atoms with Crippen molar-refractivity contribution in [1.29, 1.82) is 0 Å². The molecule has 0 aliphatic carbocycles. The molecule has 0 radical (unpaired) electrons. The summed E-state index contributed by atoms with van der Waals surface area (Å²) in [6.45, 7) is 2.16. The van der Waals surface area contributed by atoms with E-state index in [1.54, 1.807) is 32.5 Å². The Labute approximate surface area is 123 Å². The maximum absolute atomic E-state index is 11.9. The Morgan fingerprint density at radius 2 is 2.29 bits per heavy atom. The molecule has 7 heteroatoms. The van der Waals surface area contributed by atoms with Crippen molar-refractivity contribution in [2.75, 3.05) is 40.3 Å². The first-order chi connectivity index (χ1) is 10.1. The average Bonchev–Trinajstić information content (AvgIpc) is 2.98. The fraction of sp³-hybridized carbons (Fsp3) is 0.571. The topological polar surface area (TPSA) is 75.0 Å². The van der Waals surface area contributed by atoms with Crippen molar-refractivity contribution in [2.24, 2.45) is 0 Å². The van der Waals surface area contributed by atoms with E-state index in [1.807, 2.05) is 4.90 Å². The summed E-state index contributed by atoms with van der Waals surface area (Å²) in [5.74, 6) is 0.547. The SMILES string of the molecule is CN(C)C(=O)C1CN(CC(=O)NCc2ccco2)CCO1. The van der Waals surface area contributed by atoms with Gasteiger partial charge >= 0.3 is 0 Å². The zero-order valence-corrected chi connectivity index (χ0v) is 12.4. The Morgan fingerprint density at radius 3 is 2.95 bits per heavy atom. The number of nitrogens with zero attached hydrogens (tertiary/aromatic N) is 2. The quantitative estimate of drug-likeness (QED) is 0.806. The molecule has 7 nitrogen and oxygen atoms in total. The number of hydrogen-bond donors (Lipinski definition) is 1. The number of carbonyl (C=O) groups is 2. The molecule has 1 atom stereocenters. The smallest absolute Gasteiger partial charge is 0.252 e. The Hall–Kier alpha value is -1.86. The Bertz CT molecular complexity index is 473. The largest absolute Gasteiger partial charge is 0.467 e. The Morgan fingerprint density at radius 1 is 1.48 bits per heavy atom. The second-order valence-electron chi connectivity index (χ2n) is 5.18. The van der Waals surface area contributed by atoms with E-state index in [0.717, 1.165) is 0 Å². The molecule has 116 valence electrons. The van der Waals surface area contributed by atoms with Gasteiger partial charge in [0.1, 0.15) is 11.9 Å². The van der Waals surface area contributed by atoms with E-state index in [4.69, 9.17) is 9.15 Å². The predicted octanol–water partition coefficient (Wildman–Crippen LogP) is -0.315. The van der Waals surface area contributed by atoms with Crippen molar-refractivity contribution >= 4 is 11.8 Å². The molecule has 1 fully saturated rings. The van der Waals surface area contributed by atoms with Gasteiger partial charge in [-0.25, -0.2) is 0 Å². The number of hydrogen-bond acceptors (Lipinski definition) is 5. The number of ether oxygens (including phenoxy) is 1. The lowest BCUT2D eigenvalue weighted by molar-refractivity contribution is -0.148. The zero-order valence-electron chi connectivity index (χ0n) is 12.4. The standard InChI is InChI=1S/C14H21N3O4/c1-16(2)14(19)12-9-17(5-7-21-12)10-13(18)15-8-11-4-3-6-20-11/h3-4,6,12H,5,7-10H2,1-2H3,(H,15,18). The van der Waals surface area contributed by atoms with E-state index in [0.29, 0.717) is 32.0 Å². The van der Waals surface area contributed by atoms with Gasteiger partial charge in [-0.15, -0.1) is 0 Å². The molecular formula is C14H21N3O4. The number of furan rings is 1. The summed E-state index contributed by atoms with van der Waals surface area (Å²) < 4.78 is 10.6. The van der Waals surface area contributed by atoms with Crippen molar-refractivity contribution in [2.45, 2.75) is 12.6 Å². The van der Waals surface area contributed by atoms with Crippen LogP contribution in [0.3, 0.4) is 0 Å². The highest BCUT2D eigenvalue weighted by molar-refractivity contribution is 5.81. The molecule has 0 saturated carbocycles. The molecule has 2 rings (SSSR count). The maximum atomic E-state index is 11.9. The van der Waals surface area contributed by atoms with Gasteiger partial charge < -0.3 is 19.4 Å². The van der Waals surface area contributed by atoms with Crippen LogP contribution < -0.4 is 5.32 Å². The van der Waals surface area contributed by atoms with Gasteiger partial charge in [0.05, 0.1) is 26.0 Å². The van der Waals surface area contributed by atoms with E-state index >= 15 is 0 Å². The zero-order chi connectivity index (χ0) is 15.2. The average molecular weight is 295 g/mol. The van der Waals surface area contributed by atoms with Gasteiger partial charge in [-0.1, -0.05) is 0 Å². The minimum atomic E-state index is -0.494. The summed E-state index contributed by atoms with van der Waals surface area (Å²) >= 11 is 0. The highest BCUT2D eigenvalue weighted by Gasteiger charge is 2.28. The molecule has 0 spiro atoms. The lowest BCUT2D eigenvalue weighted by Crippen LogP contribution is -2.51. The third kappa shape index (κ3) is 4.57. The third-order valence-electron chi connectivity index (χ3n) is 3.27. The van der Waals surface area contributed by atoms with Gasteiger partial charge in [0.15, 0.2) is 0 Å². The van der Waals surface area contributed by atoms with Crippen LogP contribution in [0.25, 0.3) is 0 Å². The molecule has 1 saturated heterocycles. The van der Waals surface area contributed by atoms with Crippen LogP contribution in [0.15, 0.2) is 22.8 Å². The molecule has 1 aliphatic rings. The van der Waals surface area contributed by atoms with E-state index in [-0.39, 0.29) is 18.4 Å². The molecule has 0 aromatic carbocycles. The number of amides is 2. The fourth-order valence-electron chi connectivity index (χ4n) is 2.14. The van der Waals surface area contributed by atoms with Crippen molar-refractivity contribution in [1.82, 2.24) is 15.1 Å².